The highest BCUT2D eigenvalue weighted by atomic mass is 15.4. The van der Waals surface area contributed by atoms with Gasteiger partial charge in [-0.05, 0) is 21.3 Å². The minimum atomic E-state index is -0.590. The van der Waals surface area contributed by atoms with Gasteiger partial charge in [0.25, 0.3) is 11.4 Å². The summed E-state index contributed by atoms with van der Waals surface area (Å²) in [7, 11) is 0. The standard InChI is InChI=1S/CN9/c2-8-5-1(6-9-3)7-10-4/q+1. The molecule has 0 atom stereocenters. The van der Waals surface area contributed by atoms with Crippen molar-refractivity contribution >= 4 is 5.96 Å². The predicted octanol–water partition coefficient (Wildman–Crippen LogP) is 1.73. The summed E-state index contributed by atoms with van der Waals surface area (Å²) in [6, 6.07) is 0. The molecule has 0 saturated heterocycles. The van der Waals surface area contributed by atoms with E-state index in [1.54, 1.807) is 0 Å². The Bertz CT molecular complexity index is 244. The van der Waals surface area contributed by atoms with Crippen molar-refractivity contribution in [2.75, 3.05) is 0 Å². The fraction of sp³-hybridized carbons (Fsp3) is 0. The Kier molecular flexibility index (Phi) is 3.75. The van der Waals surface area contributed by atoms with Crippen molar-refractivity contribution in [1.82, 2.24) is 0 Å². The van der Waals surface area contributed by atoms with E-state index in [9.17, 15) is 0 Å². The van der Waals surface area contributed by atoms with E-state index < -0.39 is 5.96 Å². The maximum absolute atomic E-state index is 7.76. The van der Waals surface area contributed by atoms with Gasteiger partial charge < -0.3 is 0 Å². The molecule has 0 aliphatic rings. The lowest BCUT2D eigenvalue weighted by molar-refractivity contribution is 1.30. The summed E-state index contributed by atoms with van der Waals surface area (Å²) < 4.78 is 0. The smallest absolute Gasteiger partial charge is 0.0306 e. The molecule has 0 unspecified atom stereocenters. The highest BCUT2D eigenvalue weighted by molar-refractivity contribution is 5.81. The molecule has 0 aromatic rings. The summed E-state index contributed by atoms with van der Waals surface area (Å²) in [6.45, 7) is 0. The van der Waals surface area contributed by atoms with Crippen molar-refractivity contribution < 1.29 is 0 Å². The first-order chi connectivity index (χ1) is 4.85. The number of hydrogen-bond acceptors (Lipinski definition) is 2. The molecular weight excluding hydrogens is 138 g/mol. The van der Waals surface area contributed by atoms with Gasteiger partial charge in [-0.25, -0.2) is 0 Å². The topological polar surface area (TPSA) is 138 Å². The van der Waals surface area contributed by atoms with Crippen LogP contribution in [0.15, 0.2) is 15.3 Å². The molecule has 0 spiro atoms. The molecule has 0 N–H and O–H groups in total. The Labute approximate surface area is 53.8 Å². The minimum absolute atomic E-state index is 0.590. The SMILES string of the molecule is N#[N+]N=C(N=[N+]=[N-])N=[N+]=[N-]. The molecule has 0 aromatic heterocycles. The van der Waals surface area contributed by atoms with E-state index in [1.807, 2.05) is 0 Å². The van der Waals surface area contributed by atoms with Gasteiger partial charge in [0, 0.05) is 9.82 Å². The average Bonchev–Trinajstić information content (AvgIpc) is 1.90. The summed E-state index contributed by atoms with van der Waals surface area (Å²) >= 11 is 0. The van der Waals surface area contributed by atoms with Crippen LogP contribution in [-0.2, 0) is 0 Å². The molecule has 0 saturated carbocycles. The first-order valence-electron chi connectivity index (χ1n) is 1.87. The Morgan fingerprint density at radius 1 is 1.20 bits per heavy atom. The van der Waals surface area contributed by atoms with Crippen molar-refractivity contribution in [3.63, 3.8) is 0 Å². The van der Waals surface area contributed by atoms with E-state index in [0.717, 1.165) is 0 Å². The molecule has 9 heteroatoms. The molecule has 10 heavy (non-hydrogen) atoms. The van der Waals surface area contributed by atoms with E-state index in [-0.39, 0.29) is 0 Å². The quantitative estimate of drug-likeness (QED) is 0.0939. The van der Waals surface area contributed by atoms with Gasteiger partial charge >= 0.3 is 5.08 Å². The minimum Gasteiger partial charge on any atom is -0.0306 e. The first-order valence-corrected chi connectivity index (χ1v) is 1.87. The van der Waals surface area contributed by atoms with Crippen molar-refractivity contribution in [3.05, 3.63) is 26.0 Å². The fourth-order valence-electron chi connectivity index (χ4n) is 0.180. The van der Waals surface area contributed by atoms with Gasteiger partial charge in [-0.1, -0.05) is 0 Å². The maximum Gasteiger partial charge on any atom is 0.339 e. The highest BCUT2D eigenvalue weighted by Gasteiger charge is 1.95. The molecule has 0 heterocycles. The summed E-state index contributed by atoms with van der Waals surface area (Å²) in [5, 5.41) is 18.3. The molecule has 0 bridgehead atoms. The summed E-state index contributed by atoms with van der Waals surface area (Å²) in [5.41, 5.74) is 15.5. The van der Waals surface area contributed by atoms with Gasteiger partial charge in [0.1, 0.15) is 0 Å². The molecule has 0 radical (unpaired) electrons. The fourth-order valence-corrected chi connectivity index (χ4v) is 0.180. The van der Waals surface area contributed by atoms with Crippen molar-refractivity contribution in [1.29, 1.82) is 5.39 Å². The molecule has 0 aromatic carbocycles. The Balaban J connectivity index is 4.61. The van der Waals surface area contributed by atoms with E-state index in [2.05, 4.69) is 30.2 Å². The summed E-state index contributed by atoms with van der Waals surface area (Å²) in [6.07, 6.45) is 0. The van der Waals surface area contributed by atoms with Gasteiger partial charge in [0.05, 0.1) is 0 Å². The Morgan fingerprint density at radius 2 is 1.70 bits per heavy atom. The Morgan fingerprint density at radius 3 is 2.00 bits per heavy atom. The number of diazo groups is 1. The third-order valence-corrected chi connectivity index (χ3v) is 0.402. The first kappa shape index (κ1) is 7.71. The zero-order valence-corrected chi connectivity index (χ0v) is 4.52. The second-order valence-electron chi connectivity index (χ2n) is 0.868. The number of azide groups is 1. The highest BCUT2D eigenvalue weighted by Crippen LogP contribution is 1.85. The van der Waals surface area contributed by atoms with Gasteiger partial charge in [-0.3, -0.25) is 0 Å². The third kappa shape index (κ3) is 2.81. The predicted molar refractivity (Wildman–Crippen MR) is 30.8 cm³/mol. The van der Waals surface area contributed by atoms with Crippen LogP contribution in [0.4, 0.5) is 0 Å². The van der Waals surface area contributed by atoms with Gasteiger partial charge in [0.15, 0.2) is 5.10 Å². The van der Waals surface area contributed by atoms with Crippen LogP contribution in [0.5, 0.6) is 0 Å². The summed E-state index contributed by atoms with van der Waals surface area (Å²) in [5.74, 6) is -0.590. The largest absolute Gasteiger partial charge is 0.339 e. The Hall–Kier alpha value is -2.29. The second kappa shape index (κ2) is 4.86. The molecule has 9 nitrogen and oxygen atoms in total. The van der Waals surface area contributed by atoms with Crippen molar-refractivity contribution in [3.8, 4) is 0 Å². The van der Waals surface area contributed by atoms with Gasteiger partial charge in [-0.2, -0.15) is 0 Å². The van der Waals surface area contributed by atoms with Crippen LogP contribution in [0.2, 0.25) is 0 Å². The van der Waals surface area contributed by atoms with Crippen LogP contribution in [0.1, 0.15) is 0 Å². The number of guanidine groups is 1. The molecule has 48 valence electrons. The van der Waals surface area contributed by atoms with Gasteiger partial charge in [0.2, 0.25) is 0 Å². The van der Waals surface area contributed by atoms with E-state index in [4.69, 9.17) is 16.5 Å². The zero-order valence-electron chi connectivity index (χ0n) is 4.52. The molecule has 0 aliphatic carbocycles. The van der Waals surface area contributed by atoms with Crippen LogP contribution in [0.25, 0.3) is 26.0 Å². The van der Waals surface area contributed by atoms with E-state index in [0.29, 0.717) is 0 Å². The summed E-state index contributed by atoms with van der Waals surface area (Å²) in [4.78, 5) is 4.46. The third-order valence-electron chi connectivity index (χ3n) is 0.402. The normalized spacial score (nSPS) is 5.90. The number of hydrogen-bond donors (Lipinski definition) is 0. The zero-order chi connectivity index (χ0) is 7.82. The number of nitrogens with zero attached hydrogens (tertiary/aromatic N) is 9. The van der Waals surface area contributed by atoms with Gasteiger partial charge in [-0.15, -0.1) is 0 Å². The molecule has 0 aliphatic heterocycles. The van der Waals surface area contributed by atoms with Crippen LogP contribution >= 0.6 is 0 Å². The van der Waals surface area contributed by atoms with Crippen LogP contribution in [0, 0.1) is 5.39 Å². The van der Waals surface area contributed by atoms with Crippen LogP contribution in [-0.4, -0.2) is 5.96 Å². The molecule has 0 amide bonds. The lowest BCUT2D eigenvalue weighted by Crippen LogP contribution is -1.79. The number of rotatable bonds is 0. The molecular formula is CN9+. The van der Waals surface area contributed by atoms with Crippen molar-refractivity contribution in [2.45, 2.75) is 0 Å². The van der Waals surface area contributed by atoms with E-state index in [1.165, 1.54) is 0 Å². The molecule has 0 rings (SSSR count). The van der Waals surface area contributed by atoms with Crippen LogP contribution < -0.4 is 0 Å². The lowest BCUT2D eigenvalue weighted by Gasteiger charge is -1.67. The van der Waals surface area contributed by atoms with Crippen LogP contribution in [0.3, 0.4) is 0 Å². The second-order valence-corrected chi connectivity index (χ2v) is 0.868. The maximum atomic E-state index is 7.76. The lowest BCUT2D eigenvalue weighted by atomic mass is 11.1. The van der Waals surface area contributed by atoms with Crippen molar-refractivity contribution in [2.24, 2.45) is 15.3 Å². The average molecular weight is 138 g/mol. The molecule has 0 fully saturated rings. The monoisotopic (exact) mass is 138 g/mol. The van der Waals surface area contributed by atoms with E-state index >= 15 is 0 Å².